The quantitative estimate of drug-likeness (QED) is 0.455. The van der Waals surface area contributed by atoms with Gasteiger partial charge in [-0.05, 0) is 48.4 Å². The molecule has 0 atom stereocenters. The Morgan fingerprint density at radius 3 is 2.67 bits per heavy atom. The van der Waals surface area contributed by atoms with E-state index < -0.39 is 0 Å². The van der Waals surface area contributed by atoms with Crippen LogP contribution in [0.4, 0.5) is 5.69 Å². The molecule has 0 unspecified atom stereocenters. The van der Waals surface area contributed by atoms with E-state index in [1.54, 1.807) is 18.2 Å². The first-order valence-corrected chi connectivity index (χ1v) is 8.92. The first-order chi connectivity index (χ1) is 11.6. The second-order valence-corrected chi connectivity index (χ2v) is 6.54. The molecule has 0 saturated heterocycles. The molecule has 0 aliphatic heterocycles. The highest BCUT2D eigenvalue weighted by Gasteiger charge is 2.03. The number of rotatable bonds is 7. The van der Waals surface area contributed by atoms with Gasteiger partial charge in [0.25, 0.3) is 0 Å². The van der Waals surface area contributed by atoms with E-state index in [9.17, 15) is 4.79 Å². The molecule has 24 heavy (non-hydrogen) atoms. The Morgan fingerprint density at radius 2 is 2.00 bits per heavy atom. The van der Waals surface area contributed by atoms with Crippen LogP contribution in [0.15, 0.2) is 53.0 Å². The molecular weight excluding hydrogens is 390 g/mol. The van der Waals surface area contributed by atoms with E-state index in [1.807, 2.05) is 30.3 Å². The first-order valence-electron chi connectivity index (χ1n) is 7.75. The van der Waals surface area contributed by atoms with Crippen LogP contribution in [0.1, 0.15) is 25.3 Å². The van der Waals surface area contributed by atoms with Crippen molar-refractivity contribution in [1.29, 1.82) is 0 Å². The van der Waals surface area contributed by atoms with E-state index in [2.05, 4.69) is 28.2 Å². The van der Waals surface area contributed by atoms with Gasteiger partial charge in [-0.25, -0.2) is 0 Å². The summed E-state index contributed by atoms with van der Waals surface area (Å²) in [6, 6.07) is 12.9. The Kier molecular flexibility index (Phi) is 7.35. The molecule has 0 aliphatic carbocycles. The zero-order valence-corrected chi connectivity index (χ0v) is 15.7. The summed E-state index contributed by atoms with van der Waals surface area (Å²) < 4.78 is 6.47. The second kappa shape index (κ2) is 9.50. The number of ether oxygens (including phenoxy) is 1. The number of hydrogen-bond acceptors (Lipinski definition) is 2. The van der Waals surface area contributed by atoms with Gasteiger partial charge < -0.3 is 10.1 Å². The van der Waals surface area contributed by atoms with E-state index in [1.165, 1.54) is 6.08 Å². The summed E-state index contributed by atoms with van der Waals surface area (Å²) in [6.45, 7) is 2.85. The van der Waals surface area contributed by atoms with Crippen molar-refractivity contribution in [3.8, 4) is 5.75 Å². The molecule has 1 amide bonds. The van der Waals surface area contributed by atoms with Crippen LogP contribution < -0.4 is 10.1 Å². The predicted molar refractivity (Wildman–Crippen MR) is 104 cm³/mol. The Labute approximate surface area is 155 Å². The fraction of sp³-hybridized carbons (Fsp3) is 0.211. The van der Waals surface area contributed by atoms with E-state index in [0.29, 0.717) is 10.7 Å². The van der Waals surface area contributed by atoms with E-state index in [0.717, 1.165) is 35.2 Å². The van der Waals surface area contributed by atoms with Crippen LogP contribution in [-0.2, 0) is 4.79 Å². The van der Waals surface area contributed by atoms with Crippen LogP contribution >= 0.6 is 27.5 Å². The Hall–Kier alpha value is -1.78. The fourth-order valence-electron chi connectivity index (χ4n) is 1.95. The van der Waals surface area contributed by atoms with Gasteiger partial charge in [0.1, 0.15) is 5.75 Å². The van der Waals surface area contributed by atoms with Gasteiger partial charge in [0, 0.05) is 10.5 Å². The molecule has 3 nitrogen and oxygen atoms in total. The number of anilines is 1. The number of halogens is 2. The number of hydrogen-bond donors (Lipinski definition) is 1. The minimum absolute atomic E-state index is 0.234. The van der Waals surface area contributed by atoms with Crippen LogP contribution in [0.5, 0.6) is 5.75 Å². The molecule has 0 bridgehead atoms. The lowest BCUT2D eigenvalue weighted by Gasteiger charge is -2.06. The lowest BCUT2D eigenvalue weighted by molar-refractivity contribution is -0.111. The summed E-state index contributed by atoms with van der Waals surface area (Å²) in [7, 11) is 0. The summed E-state index contributed by atoms with van der Waals surface area (Å²) in [5, 5.41) is 3.24. The van der Waals surface area contributed by atoms with Crippen LogP contribution in [0.25, 0.3) is 6.08 Å². The smallest absolute Gasteiger partial charge is 0.248 e. The number of amides is 1. The number of unbranched alkanes of at least 4 members (excludes halogenated alkanes) is 1. The Morgan fingerprint density at radius 1 is 1.25 bits per heavy atom. The summed E-state index contributed by atoms with van der Waals surface area (Å²) in [5.74, 6) is 0.606. The SMILES string of the molecule is CCCCOc1ccc(/C=C/C(=O)Nc2ccc(Br)cc2Cl)cc1. The van der Waals surface area contributed by atoms with Gasteiger partial charge in [-0.2, -0.15) is 0 Å². The predicted octanol–water partition coefficient (Wildman–Crippen LogP) is 5.93. The minimum Gasteiger partial charge on any atom is -0.494 e. The van der Waals surface area contributed by atoms with Gasteiger partial charge in [0.15, 0.2) is 0 Å². The first kappa shape index (κ1) is 18.6. The summed E-state index contributed by atoms with van der Waals surface area (Å²) in [4.78, 5) is 12.0. The zero-order valence-electron chi connectivity index (χ0n) is 13.4. The molecule has 2 aromatic rings. The van der Waals surface area contributed by atoms with E-state index >= 15 is 0 Å². The third kappa shape index (κ3) is 6.02. The topological polar surface area (TPSA) is 38.3 Å². The van der Waals surface area contributed by atoms with Crippen molar-refractivity contribution < 1.29 is 9.53 Å². The minimum atomic E-state index is -0.234. The highest BCUT2D eigenvalue weighted by molar-refractivity contribution is 9.10. The lowest BCUT2D eigenvalue weighted by Crippen LogP contribution is -2.08. The van der Waals surface area contributed by atoms with E-state index in [-0.39, 0.29) is 5.91 Å². The standard InChI is InChI=1S/C19H19BrClNO2/c1-2-3-12-24-16-8-4-14(5-9-16)6-11-19(23)22-18-10-7-15(20)13-17(18)21/h4-11,13H,2-3,12H2,1H3,(H,22,23)/b11-6+. The van der Waals surface area contributed by atoms with Crippen molar-refractivity contribution in [2.75, 3.05) is 11.9 Å². The molecule has 0 saturated carbocycles. The van der Waals surface area contributed by atoms with Crippen molar-refractivity contribution in [1.82, 2.24) is 0 Å². The van der Waals surface area contributed by atoms with Crippen LogP contribution in [0.2, 0.25) is 5.02 Å². The van der Waals surface area contributed by atoms with Crippen molar-refractivity contribution in [3.05, 3.63) is 63.6 Å². The number of benzene rings is 2. The molecule has 0 heterocycles. The summed E-state index contributed by atoms with van der Waals surface area (Å²) in [6.07, 6.45) is 5.38. The highest BCUT2D eigenvalue weighted by Crippen LogP contribution is 2.25. The molecule has 0 fully saturated rings. The van der Waals surface area contributed by atoms with Gasteiger partial charge in [0.05, 0.1) is 17.3 Å². The molecule has 5 heteroatoms. The average Bonchev–Trinajstić information content (AvgIpc) is 2.57. The van der Waals surface area contributed by atoms with Gasteiger partial charge in [-0.15, -0.1) is 0 Å². The Balaban J connectivity index is 1.91. The molecule has 0 radical (unpaired) electrons. The lowest BCUT2D eigenvalue weighted by atomic mass is 10.2. The molecule has 2 rings (SSSR count). The maximum absolute atomic E-state index is 12.0. The molecule has 0 aromatic heterocycles. The third-order valence-electron chi connectivity index (χ3n) is 3.26. The molecule has 2 aromatic carbocycles. The number of nitrogens with one attached hydrogen (secondary N) is 1. The molecule has 0 spiro atoms. The largest absolute Gasteiger partial charge is 0.494 e. The Bertz CT molecular complexity index is 714. The molecule has 0 aliphatic rings. The van der Waals surface area contributed by atoms with Crippen LogP contribution in [0, 0.1) is 0 Å². The fourth-order valence-corrected chi connectivity index (χ4v) is 2.67. The molecular formula is C19H19BrClNO2. The van der Waals surface area contributed by atoms with Gasteiger partial charge >= 0.3 is 0 Å². The monoisotopic (exact) mass is 407 g/mol. The van der Waals surface area contributed by atoms with Crippen molar-refractivity contribution in [2.24, 2.45) is 0 Å². The highest BCUT2D eigenvalue weighted by atomic mass is 79.9. The summed E-state index contributed by atoms with van der Waals surface area (Å²) >= 11 is 9.41. The van der Waals surface area contributed by atoms with Gasteiger partial charge in [-0.3, -0.25) is 4.79 Å². The number of carbonyl (C=O) groups excluding carboxylic acids is 1. The van der Waals surface area contributed by atoms with Crippen molar-refractivity contribution in [2.45, 2.75) is 19.8 Å². The maximum atomic E-state index is 12.0. The summed E-state index contributed by atoms with van der Waals surface area (Å²) in [5.41, 5.74) is 1.50. The normalized spacial score (nSPS) is 10.8. The van der Waals surface area contributed by atoms with Crippen molar-refractivity contribution >= 4 is 45.2 Å². The van der Waals surface area contributed by atoms with Gasteiger partial charge in [0.2, 0.25) is 5.91 Å². The van der Waals surface area contributed by atoms with Gasteiger partial charge in [-0.1, -0.05) is 53.0 Å². The third-order valence-corrected chi connectivity index (χ3v) is 4.07. The van der Waals surface area contributed by atoms with Crippen LogP contribution in [-0.4, -0.2) is 12.5 Å². The molecule has 1 N–H and O–H groups in total. The average molecular weight is 409 g/mol. The number of carbonyl (C=O) groups is 1. The van der Waals surface area contributed by atoms with E-state index in [4.69, 9.17) is 16.3 Å². The zero-order chi connectivity index (χ0) is 17.4. The maximum Gasteiger partial charge on any atom is 0.248 e. The van der Waals surface area contributed by atoms with Crippen molar-refractivity contribution in [3.63, 3.8) is 0 Å². The molecule has 126 valence electrons. The second-order valence-electron chi connectivity index (χ2n) is 5.22. The van der Waals surface area contributed by atoms with Crippen LogP contribution in [0.3, 0.4) is 0 Å².